The summed E-state index contributed by atoms with van der Waals surface area (Å²) in [6.07, 6.45) is 0. The van der Waals surface area contributed by atoms with Gasteiger partial charge in [-0.1, -0.05) is 0 Å². The minimum atomic E-state index is -0.720. The van der Waals surface area contributed by atoms with Crippen LogP contribution in [0.25, 0.3) is 0 Å². The van der Waals surface area contributed by atoms with Gasteiger partial charge in [-0.25, -0.2) is 9.59 Å². The summed E-state index contributed by atoms with van der Waals surface area (Å²) >= 11 is 0. The van der Waals surface area contributed by atoms with E-state index in [9.17, 15) is 14.4 Å². The lowest BCUT2D eigenvalue weighted by atomic mass is 10.1. The smallest absolute Gasteiger partial charge is 0.355 e. The standard InChI is InChI=1S/C20H21NO7/c1-4-25-19(23)17-11(2)18(21-12(17)3)20(24)28-10-14(22)13-5-6-15-16(9-13)27-8-7-26-15/h5-6,9,21H,4,7-8,10H2,1-3H3. The van der Waals surface area contributed by atoms with Crippen LogP contribution >= 0.6 is 0 Å². The van der Waals surface area contributed by atoms with Crippen molar-refractivity contribution >= 4 is 17.7 Å². The van der Waals surface area contributed by atoms with Gasteiger partial charge in [-0.2, -0.15) is 0 Å². The minimum Gasteiger partial charge on any atom is -0.486 e. The van der Waals surface area contributed by atoms with Gasteiger partial charge in [-0.15, -0.1) is 0 Å². The molecule has 0 fully saturated rings. The number of aromatic amines is 1. The number of hydrogen-bond donors (Lipinski definition) is 1. The van der Waals surface area contributed by atoms with E-state index in [2.05, 4.69) is 4.98 Å². The first kappa shape index (κ1) is 19.5. The van der Waals surface area contributed by atoms with Gasteiger partial charge in [0.1, 0.15) is 18.9 Å². The second kappa shape index (κ2) is 8.16. The molecule has 0 amide bonds. The monoisotopic (exact) mass is 387 g/mol. The van der Waals surface area contributed by atoms with Crippen LogP contribution in [0.3, 0.4) is 0 Å². The third-order valence-electron chi connectivity index (χ3n) is 4.32. The molecule has 0 saturated carbocycles. The zero-order chi connectivity index (χ0) is 20.3. The van der Waals surface area contributed by atoms with E-state index in [4.69, 9.17) is 18.9 Å². The summed E-state index contributed by atoms with van der Waals surface area (Å²) in [7, 11) is 0. The molecule has 28 heavy (non-hydrogen) atoms. The van der Waals surface area contributed by atoms with Gasteiger partial charge in [0, 0.05) is 11.3 Å². The van der Waals surface area contributed by atoms with E-state index in [1.54, 1.807) is 39.0 Å². The lowest BCUT2D eigenvalue weighted by Crippen LogP contribution is -2.18. The molecule has 1 aliphatic rings. The maximum Gasteiger partial charge on any atom is 0.355 e. The Labute approximate surface area is 161 Å². The van der Waals surface area contributed by atoms with Gasteiger partial charge in [0.25, 0.3) is 0 Å². The molecule has 0 atom stereocenters. The molecule has 0 bridgehead atoms. The number of aromatic nitrogens is 1. The van der Waals surface area contributed by atoms with Crippen LogP contribution in [0.4, 0.5) is 0 Å². The Bertz CT molecular complexity index is 929. The Balaban J connectivity index is 1.68. The van der Waals surface area contributed by atoms with Crippen molar-refractivity contribution in [3.05, 3.63) is 46.3 Å². The van der Waals surface area contributed by atoms with Crippen molar-refractivity contribution in [2.75, 3.05) is 26.4 Å². The number of ether oxygens (including phenoxy) is 4. The normalized spacial score (nSPS) is 12.4. The summed E-state index contributed by atoms with van der Waals surface area (Å²) in [4.78, 5) is 39.6. The summed E-state index contributed by atoms with van der Waals surface area (Å²) in [5.41, 5.74) is 1.69. The summed E-state index contributed by atoms with van der Waals surface area (Å²) in [5, 5.41) is 0. The van der Waals surface area contributed by atoms with Gasteiger partial charge < -0.3 is 23.9 Å². The van der Waals surface area contributed by atoms with Crippen LogP contribution in [0.1, 0.15) is 49.4 Å². The molecule has 8 nitrogen and oxygen atoms in total. The topological polar surface area (TPSA) is 104 Å². The number of hydrogen-bond acceptors (Lipinski definition) is 7. The van der Waals surface area contributed by atoms with Crippen molar-refractivity contribution in [2.24, 2.45) is 0 Å². The van der Waals surface area contributed by atoms with Crippen LogP contribution in [0.15, 0.2) is 18.2 Å². The number of fused-ring (bicyclic) bond motifs is 1. The number of Topliss-reactive ketones (excluding diaryl/α,β-unsaturated/α-hetero) is 1. The molecule has 1 aromatic heterocycles. The van der Waals surface area contributed by atoms with Gasteiger partial charge >= 0.3 is 11.9 Å². The fraction of sp³-hybridized carbons (Fsp3) is 0.350. The molecule has 8 heteroatoms. The van der Waals surface area contributed by atoms with Crippen molar-refractivity contribution < 1.29 is 33.3 Å². The van der Waals surface area contributed by atoms with E-state index in [0.717, 1.165) is 0 Å². The molecular weight excluding hydrogens is 366 g/mol. The molecule has 0 unspecified atom stereocenters. The third-order valence-corrected chi connectivity index (χ3v) is 4.32. The molecule has 0 spiro atoms. The van der Waals surface area contributed by atoms with E-state index >= 15 is 0 Å². The number of benzene rings is 1. The van der Waals surface area contributed by atoms with E-state index in [1.165, 1.54) is 0 Å². The van der Waals surface area contributed by atoms with Crippen molar-refractivity contribution in [2.45, 2.75) is 20.8 Å². The Morgan fingerprint density at radius 1 is 1.04 bits per heavy atom. The van der Waals surface area contributed by atoms with E-state index in [0.29, 0.717) is 47.1 Å². The molecule has 3 rings (SSSR count). The predicted molar refractivity (Wildman–Crippen MR) is 98.3 cm³/mol. The second-order valence-electron chi connectivity index (χ2n) is 6.20. The summed E-state index contributed by atoms with van der Waals surface area (Å²) in [6.45, 7) is 5.64. The summed E-state index contributed by atoms with van der Waals surface area (Å²) in [5.74, 6) is -0.554. The first-order valence-corrected chi connectivity index (χ1v) is 8.88. The molecule has 0 saturated heterocycles. The van der Waals surface area contributed by atoms with Crippen molar-refractivity contribution in [1.82, 2.24) is 4.98 Å². The van der Waals surface area contributed by atoms with Gasteiger partial charge in [0.2, 0.25) is 0 Å². The number of esters is 2. The number of aryl methyl sites for hydroxylation is 1. The zero-order valence-electron chi connectivity index (χ0n) is 15.9. The predicted octanol–water partition coefficient (Wildman–Crippen LogP) is 2.62. The van der Waals surface area contributed by atoms with Gasteiger partial charge in [-0.3, -0.25) is 4.79 Å². The van der Waals surface area contributed by atoms with Crippen LogP contribution in [0.2, 0.25) is 0 Å². The lowest BCUT2D eigenvalue weighted by Gasteiger charge is -2.18. The number of H-pyrrole nitrogens is 1. The Hall–Kier alpha value is -3.29. The number of carbonyl (C=O) groups excluding carboxylic acids is 3. The van der Waals surface area contributed by atoms with Crippen LogP contribution in [-0.4, -0.2) is 49.1 Å². The SMILES string of the molecule is CCOC(=O)c1c(C)[nH]c(C(=O)OCC(=O)c2ccc3c(c2)OCCO3)c1C. The van der Waals surface area contributed by atoms with E-state index in [1.807, 2.05) is 0 Å². The van der Waals surface area contributed by atoms with E-state index < -0.39 is 18.5 Å². The van der Waals surface area contributed by atoms with Crippen LogP contribution in [0, 0.1) is 13.8 Å². The maximum atomic E-state index is 12.4. The van der Waals surface area contributed by atoms with Crippen molar-refractivity contribution in [3.63, 3.8) is 0 Å². The zero-order valence-corrected chi connectivity index (χ0v) is 15.9. The third kappa shape index (κ3) is 3.85. The number of rotatable bonds is 6. The van der Waals surface area contributed by atoms with Crippen molar-refractivity contribution in [3.8, 4) is 11.5 Å². The molecule has 2 heterocycles. The molecule has 0 radical (unpaired) electrons. The van der Waals surface area contributed by atoms with Crippen LogP contribution < -0.4 is 9.47 Å². The number of ketones is 1. The van der Waals surface area contributed by atoms with Crippen molar-refractivity contribution in [1.29, 1.82) is 0 Å². The van der Waals surface area contributed by atoms with Crippen LogP contribution in [0.5, 0.6) is 11.5 Å². The first-order chi connectivity index (χ1) is 13.4. The first-order valence-electron chi connectivity index (χ1n) is 8.88. The summed E-state index contributed by atoms with van der Waals surface area (Å²) in [6, 6.07) is 4.80. The summed E-state index contributed by atoms with van der Waals surface area (Å²) < 4.78 is 21.0. The highest BCUT2D eigenvalue weighted by Gasteiger charge is 2.24. The maximum absolute atomic E-state index is 12.4. The molecular formula is C20H21NO7. The minimum absolute atomic E-state index is 0.121. The Morgan fingerprint density at radius 2 is 1.75 bits per heavy atom. The molecule has 1 N–H and O–H groups in total. The Morgan fingerprint density at radius 3 is 2.46 bits per heavy atom. The highest BCUT2D eigenvalue weighted by molar-refractivity contribution is 6.01. The molecule has 1 aliphatic heterocycles. The van der Waals surface area contributed by atoms with Gasteiger partial charge in [0.05, 0.1) is 12.2 Å². The highest BCUT2D eigenvalue weighted by atomic mass is 16.6. The fourth-order valence-electron chi connectivity index (χ4n) is 2.97. The van der Waals surface area contributed by atoms with Gasteiger partial charge in [-0.05, 0) is 44.5 Å². The van der Waals surface area contributed by atoms with Gasteiger partial charge in [0.15, 0.2) is 23.9 Å². The number of carbonyl (C=O) groups is 3. The molecule has 0 aliphatic carbocycles. The second-order valence-corrected chi connectivity index (χ2v) is 6.20. The Kier molecular flexibility index (Phi) is 5.67. The average molecular weight is 387 g/mol. The molecule has 1 aromatic carbocycles. The quantitative estimate of drug-likeness (QED) is 0.600. The lowest BCUT2D eigenvalue weighted by molar-refractivity contribution is 0.0468. The highest BCUT2D eigenvalue weighted by Crippen LogP contribution is 2.31. The molecule has 2 aromatic rings. The molecule has 148 valence electrons. The van der Waals surface area contributed by atoms with E-state index in [-0.39, 0.29) is 18.1 Å². The number of nitrogens with one attached hydrogen (secondary N) is 1. The fourth-order valence-corrected chi connectivity index (χ4v) is 2.97. The largest absolute Gasteiger partial charge is 0.486 e. The van der Waals surface area contributed by atoms with Crippen LogP contribution in [-0.2, 0) is 9.47 Å². The average Bonchev–Trinajstić information content (AvgIpc) is 2.99.